The molecule has 0 spiro atoms. The molecule has 3 aromatic rings. The normalized spacial score (nSPS) is 18.2. The molecule has 1 N–H and O–H groups in total. The average Bonchev–Trinajstić information content (AvgIpc) is 3.30. The van der Waals surface area contributed by atoms with Crippen LogP contribution >= 0.6 is 11.3 Å². The fraction of sp³-hybridized carbons (Fsp3) is 0.417. The van der Waals surface area contributed by atoms with Gasteiger partial charge in [0.2, 0.25) is 0 Å². The molecule has 0 radical (unpaired) electrons. The maximum Gasteiger partial charge on any atom is 0.308 e. The monoisotopic (exact) mass is 451 g/mol. The van der Waals surface area contributed by atoms with E-state index in [1.807, 2.05) is 43.5 Å². The molecule has 1 aliphatic carbocycles. The largest absolute Gasteiger partial charge is 0.469 e. The first-order chi connectivity index (χ1) is 15.5. The van der Waals surface area contributed by atoms with Crippen LogP contribution in [0, 0.1) is 18.8 Å². The molecular formula is C24H29N5O2S. The summed E-state index contributed by atoms with van der Waals surface area (Å²) in [6.07, 6.45) is 7.59. The first-order valence-electron chi connectivity index (χ1n) is 10.9. The topological polar surface area (TPSA) is 80.2 Å². The fourth-order valence-corrected chi connectivity index (χ4v) is 5.01. The second-order valence-corrected chi connectivity index (χ2v) is 9.39. The molecule has 1 saturated carbocycles. The lowest BCUT2D eigenvalue weighted by Gasteiger charge is -2.30. The lowest BCUT2D eigenvalue weighted by Crippen LogP contribution is -2.30. The van der Waals surface area contributed by atoms with Crippen molar-refractivity contribution in [1.29, 1.82) is 0 Å². The van der Waals surface area contributed by atoms with Gasteiger partial charge in [-0.25, -0.2) is 15.0 Å². The Bertz CT molecular complexity index is 1060. The lowest BCUT2D eigenvalue weighted by atomic mass is 9.82. The first-order valence-corrected chi connectivity index (χ1v) is 11.8. The summed E-state index contributed by atoms with van der Waals surface area (Å²) in [4.78, 5) is 28.7. The highest BCUT2D eigenvalue weighted by molar-refractivity contribution is 7.18. The summed E-state index contributed by atoms with van der Waals surface area (Å²) in [6.45, 7) is 2.98. The van der Waals surface area contributed by atoms with Gasteiger partial charge >= 0.3 is 5.97 Å². The second kappa shape index (κ2) is 10.1. The summed E-state index contributed by atoms with van der Waals surface area (Å²) in [7, 11) is 3.56. The Balaban J connectivity index is 1.38. The van der Waals surface area contributed by atoms with Crippen molar-refractivity contribution in [1.82, 2.24) is 15.0 Å². The van der Waals surface area contributed by atoms with Gasteiger partial charge in [0, 0.05) is 26.0 Å². The number of nitrogens with one attached hydrogen (secondary N) is 1. The van der Waals surface area contributed by atoms with Crippen LogP contribution in [0.2, 0.25) is 0 Å². The fourth-order valence-electron chi connectivity index (χ4n) is 4.15. The first kappa shape index (κ1) is 22.2. The lowest BCUT2D eigenvalue weighted by molar-refractivity contribution is -0.146. The number of hydrogen-bond acceptors (Lipinski definition) is 8. The summed E-state index contributed by atoms with van der Waals surface area (Å²) >= 11 is 1.64. The molecule has 0 atom stereocenters. The second-order valence-electron chi connectivity index (χ2n) is 8.38. The van der Waals surface area contributed by atoms with Crippen LogP contribution in [0.1, 0.15) is 31.2 Å². The average molecular weight is 452 g/mol. The van der Waals surface area contributed by atoms with Gasteiger partial charge < -0.3 is 15.0 Å². The minimum atomic E-state index is -0.0660. The van der Waals surface area contributed by atoms with Crippen molar-refractivity contribution >= 4 is 34.1 Å². The number of nitrogens with zero attached hydrogens (tertiary/aromatic N) is 4. The van der Waals surface area contributed by atoms with Crippen LogP contribution < -0.4 is 10.2 Å². The molecule has 3 aromatic heterocycles. The van der Waals surface area contributed by atoms with E-state index in [0.717, 1.165) is 65.1 Å². The molecule has 0 aliphatic heterocycles. The number of pyridine rings is 2. The van der Waals surface area contributed by atoms with E-state index in [9.17, 15) is 4.79 Å². The van der Waals surface area contributed by atoms with Crippen LogP contribution in [0.15, 0.2) is 42.7 Å². The van der Waals surface area contributed by atoms with Crippen molar-refractivity contribution in [2.24, 2.45) is 11.8 Å². The number of ether oxygens (including phenoxy) is 1. The van der Waals surface area contributed by atoms with Gasteiger partial charge in [0.25, 0.3) is 0 Å². The molecule has 8 heteroatoms. The number of hydrogen-bond donors (Lipinski definition) is 1. The van der Waals surface area contributed by atoms with Gasteiger partial charge in [0.15, 0.2) is 5.13 Å². The molecule has 0 aromatic carbocycles. The van der Waals surface area contributed by atoms with Crippen molar-refractivity contribution in [3.63, 3.8) is 0 Å². The third-order valence-corrected chi connectivity index (χ3v) is 7.04. The molecule has 32 heavy (non-hydrogen) atoms. The van der Waals surface area contributed by atoms with E-state index in [1.165, 1.54) is 7.11 Å². The number of aromatic nitrogens is 3. The van der Waals surface area contributed by atoms with E-state index in [0.29, 0.717) is 5.92 Å². The van der Waals surface area contributed by atoms with E-state index in [4.69, 9.17) is 9.72 Å². The Hall–Kier alpha value is -3.00. The van der Waals surface area contributed by atoms with Crippen molar-refractivity contribution < 1.29 is 9.53 Å². The number of carbonyl (C=O) groups excluding carboxylic acids is 1. The van der Waals surface area contributed by atoms with Crippen molar-refractivity contribution in [2.45, 2.75) is 32.6 Å². The third kappa shape index (κ3) is 5.43. The predicted octanol–water partition coefficient (Wildman–Crippen LogP) is 5.07. The molecule has 0 bridgehead atoms. The van der Waals surface area contributed by atoms with Gasteiger partial charge in [0.1, 0.15) is 11.6 Å². The summed E-state index contributed by atoms with van der Waals surface area (Å²) < 4.78 is 4.90. The number of methoxy groups -OCH3 is 1. The summed E-state index contributed by atoms with van der Waals surface area (Å²) in [5, 5.41) is 4.25. The molecule has 1 aliphatic rings. The van der Waals surface area contributed by atoms with E-state index in [1.54, 1.807) is 17.5 Å². The Morgan fingerprint density at radius 1 is 1.19 bits per heavy atom. The van der Waals surface area contributed by atoms with Crippen LogP contribution in [-0.4, -0.2) is 41.6 Å². The third-order valence-electron chi connectivity index (χ3n) is 5.91. The van der Waals surface area contributed by atoms with Crippen LogP contribution in [0.3, 0.4) is 0 Å². The summed E-state index contributed by atoms with van der Waals surface area (Å²) in [5.74, 6) is 2.10. The maximum atomic E-state index is 11.7. The Morgan fingerprint density at radius 2 is 2.00 bits per heavy atom. The van der Waals surface area contributed by atoms with Crippen molar-refractivity contribution in [3.05, 3.63) is 48.3 Å². The highest BCUT2D eigenvalue weighted by Gasteiger charge is 2.27. The number of rotatable bonds is 7. The SMILES string of the molecule is COC(=O)C1CCC(CN(C)c2ncc(-c3cccc(Nc4cc(C)ccn4)n3)s2)CC1. The zero-order valence-corrected chi connectivity index (χ0v) is 19.6. The number of aryl methyl sites for hydroxylation is 1. The van der Waals surface area contributed by atoms with E-state index < -0.39 is 0 Å². The molecule has 4 rings (SSSR count). The van der Waals surface area contributed by atoms with Gasteiger partial charge in [-0.05, 0) is 68.4 Å². The molecule has 1 fully saturated rings. The summed E-state index contributed by atoms with van der Waals surface area (Å²) in [5.41, 5.74) is 2.03. The number of thiazole rings is 1. The minimum Gasteiger partial charge on any atom is -0.469 e. The van der Waals surface area contributed by atoms with Crippen molar-refractivity contribution in [2.75, 3.05) is 30.9 Å². The number of esters is 1. The van der Waals surface area contributed by atoms with Gasteiger partial charge in [0.05, 0.1) is 23.6 Å². The highest BCUT2D eigenvalue weighted by atomic mass is 32.1. The summed E-state index contributed by atoms with van der Waals surface area (Å²) in [6, 6.07) is 9.89. The molecule has 0 amide bonds. The molecule has 0 saturated heterocycles. The van der Waals surface area contributed by atoms with Crippen LogP contribution in [0.5, 0.6) is 0 Å². The zero-order valence-electron chi connectivity index (χ0n) is 18.7. The van der Waals surface area contributed by atoms with Gasteiger partial charge in [-0.3, -0.25) is 4.79 Å². The van der Waals surface area contributed by atoms with Gasteiger partial charge in [-0.2, -0.15) is 0 Å². The molecule has 7 nitrogen and oxygen atoms in total. The Labute approximate surface area is 192 Å². The minimum absolute atomic E-state index is 0.0648. The van der Waals surface area contributed by atoms with Gasteiger partial charge in [-0.1, -0.05) is 17.4 Å². The molecule has 3 heterocycles. The molecule has 0 unspecified atom stereocenters. The van der Waals surface area contributed by atoms with Crippen LogP contribution in [0.25, 0.3) is 10.6 Å². The number of anilines is 3. The van der Waals surface area contributed by atoms with Crippen LogP contribution in [-0.2, 0) is 9.53 Å². The predicted molar refractivity (Wildman–Crippen MR) is 128 cm³/mol. The van der Waals surface area contributed by atoms with Crippen LogP contribution in [0.4, 0.5) is 16.8 Å². The highest BCUT2D eigenvalue weighted by Crippen LogP contribution is 2.34. The van der Waals surface area contributed by atoms with Crippen molar-refractivity contribution in [3.8, 4) is 10.6 Å². The number of carbonyl (C=O) groups is 1. The quantitative estimate of drug-likeness (QED) is 0.503. The smallest absolute Gasteiger partial charge is 0.308 e. The molecule has 168 valence electrons. The standard InChI is InChI=1S/C24H29N5O2S/c1-16-11-12-25-22(13-16)28-21-6-4-5-19(27-21)20-14-26-24(32-20)29(2)15-17-7-9-18(10-8-17)23(30)31-3/h4-6,11-14,17-18H,7-10,15H2,1-3H3,(H,25,27,28). The van der Waals surface area contributed by atoms with E-state index >= 15 is 0 Å². The van der Waals surface area contributed by atoms with E-state index in [2.05, 4.69) is 27.2 Å². The van der Waals surface area contributed by atoms with Gasteiger partial charge in [-0.15, -0.1) is 0 Å². The Morgan fingerprint density at radius 3 is 2.75 bits per heavy atom. The zero-order chi connectivity index (χ0) is 22.5. The Kier molecular flexibility index (Phi) is 6.99. The molecular weight excluding hydrogens is 422 g/mol. The maximum absolute atomic E-state index is 11.7. The van der Waals surface area contributed by atoms with E-state index in [-0.39, 0.29) is 11.9 Å².